The maximum atomic E-state index is 12.8. The maximum Gasteiger partial charge on any atom is 0.317 e. The monoisotopic (exact) mass is 387 g/mol. The number of urea groups is 1. The van der Waals surface area contributed by atoms with Crippen molar-refractivity contribution in [3.63, 3.8) is 0 Å². The van der Waals surface area contributed by atoms with Crippen molar-refractivity contribution in [3.8, 4) is 0 Å². The molecule has 0 bridgehead atoms. The van der Waals surface area contributed by atoms with Crippen LogP contribution in [0, 0.1) is 10.8 Å². The van der Waals surface area contributed by atoms with Crippen LogP contribution in [-0.2, 0) is 4.79 Å². The fourth-order valence-corrected chi connectivity index (χ4v) is 3.34. The number of benzene rings is 1. The lowest BCUT2D eigenvalue weighted by molar-refractivity contribution is -0.130. The summed E-state index contributed by atoms with van der Waals surface area (Å²) in [7, 11) is 0. The molecule has 1 heterocycles. The summed E-state index contributed by atoms with van der Waals surface area (Å²) in [5, 5.41) is 5.74. The molecule has 1 aliphatic rings. The van der Waals surface area contributed by atoms with E-state index in [1.54, 1.807) is 17.0 Å². The lowest BCUT2D eigenvalue weighted by Crippen LogP contribution is -2.58. The molecule has 0 radical (unpaired) electrons. The van der Waals surface area contributed by atoms with Crippen LogP contribution in [0.1, 0.15) is 64.7 Å². The van der Waals surface area contributed by atoms with Crippen LogP contribution in [0.5, 0.6) is 0 Å². The van der Waals surface area contributed by atoms with E-state index in [9.17, 15) is 14.4 Å². The summed E-state index contributed by atoms with van der Waals surface area (Å²) in [5.41, 5.74) is -0.378. The second-order valence-corrected chi connectivity index (χ2v) is 9.55. The molecule has 2 unspecified atom stereocenters. The van der Waals surface area contributed by atoms with Crippen molar-refractivity contribution in [2.24, 2.45) is 10.8 Å². The molecule has 1 aliphatic heterocycles. The van der Waals surface area contributed by atoms with E-state index in [1.165, 1.54) is 0 Å². The van der Waals surface area contributed by atoms with Crippen molar-refractivity contribution in [2.75, 3.05) is 6.54 Å². The molecular formula is C22H33N3O3. The second kappa shape index (κ2) is 8.33. The quantitative estimate of drug-likeness (QED) is 0.829. The van der Waals surface area contributed by atoms with Gasteiger partial charge in [0.1, 0.15) is 6.17 Å². The Morgan fingerprint density at radius 1 is 1.04 bits per heavy atom. The van der Waals surface area contributed by atoms with Crippen LogP contribution < -0.4 is 10.6 Å². The van der Waals surface area contributed by atoms with E-state index in [2.05, 4.69) is 10.6 Å². The Bertz CT molecular complexity index is 717. The molecule has 6 nitrogen and oxygen atoms in total. The predicted molar refractivity (Wildman–Crippen MR) is 110 cm³/mol. The Morgan fingerprint density at radius 3 is 2.18 bits per heavy atom. The molecular weight excluding hydrogens is 354 g/mol. The third-order valence-corrected chi connectivity index (χ3v) is 4.97. The molecule has 1 saturated heterocycles. The molecule has 1 aromatic rings. The molecule has 6 heteroatoms. The van der Waals surface area contributed by atoms with Crippen molar-refractivity contribution < 1.29 is 14.4 Å². The van der Waals surface area contributed by atoms with E-state index in [-0.39, 0.29) is 17.9 Å². The third kappa shape index (κ3) is 5.33. The molecule has 1 aromatic carbocycles. The first-order valence-corrected chi connectivity index (χ1v) is 9.88. The normalized spacial score (nSPS) is 18.5. The van der Waals surface area contributed by atoms with Crippen molar-refractivity contribution in [3.05, 3.63) is 35.9 Å². The number of likely N-dealkylation sites (tertiary alicyclic amines) is 1. The standard InChI is InChI=1S/C22H33N3O3/c1-21(2,3)17(18(26)22(4,5)6)24-20(28)23-16-13-10-14-25(16)19(27)15-11-8-7-9-12-15/h7-9,11-12,16-17H,10,13-14H2,1-6H3,(H2,23,24,28). The molecule has 1 fully saturated rings. The Morgan fingerprint density at radius 2 is 1.64 bits per heavy atom. The molecule has 0 saturated carbocycles. The zero-order valence-corrected chi connectivity index (χ0v) is 17.8. The summed E-state index contributed by atoms with van der Waals surface area (Å²) >= 11 is 0. The Hall–Kier alpha value is -2.37. The minimum Gasteiger partial charge on any atom is -0.328 e. The minimum atomic E-state index is -0.618. The van der Waals surface area contributed by atoms with Crippen molar-refractivity contribution in [2.45, 2.75) is 66.6 Å². The highest BCUT2D eigenvalue weighted by Crippen LogP contribution is 2.27. The van der Waals surface area contributed by atoms with Gasteiger partial charge in [-0.3, -0.25) is 9.59 Å². The van der Waals surface area contributed by atoms with Gasteiger partial charge in [-0.05, 0) is 30.4 Å². The highest BCUT2D eigenvalue weighted by molar-refractivity contribution is 5.95. The summed E-state index contributed by atoms with van der Waals surface area (Å²) in [4.78, 5) is 40.0. The first-order valence-electron chi connectivity index (χ1n) is 9.88. The van der Waals surface area contributed by atoms with Gasteiger partial charge in [0, 0.05) is 17.5 Å². The Labute approximate surface area is 168 Å². The van der Waals surface area contributed by atoms with Crippen molar-refractivity contribution in [1.82, 2.24) is 15.5 Å². The first-order chi connectivity index (χ1) is 12.9. The van der Waals surface area contributed by atoms with Gasteiger partial charge >= 0.3 is 6.03 Å². The minimum absolute atomic E-state index is 0.0150. The predicted octanol–water partition coefficient (Wildman–Crippen LogP) is 3.58. The largest absolute Gasteiger partial charge is 0.328 e. The number of amides is 3. The van der Waals surface area contributed by atoms with Crippen LogP contribution in [-0.4, -0.2) is 41.4 Å². The van der Waals surface area contributed by atoms with E-state index >= 15 is 0 Å². The van der Waals surface area contributed by atoms with E-state index in [1.807, 2.05) is 59.7 Å². The summed E-state index contributed by atoms with van der Waals surface area (Å²) < 4.78 is 0. The average Bonchev–Trinajstić information content (AvgIpc) is 3.05. The van der Waals surface area contributed by atoms with E-state index in [0.29, 0.717) is 18.5 Å². The zero-order chi connectivity index (χ0) is 21.1. The molecule has 2 atom stereocenters. The van der Waals surface area contributed by atoms with Crippen molar-refractivity contribution >= 4 is 17.7 Å². The number of rotatable bonds is 4. The topological polar surface area (TPSA) is 78.5 Å². The van der Waals surface area contributed by atoms with Crippen molar-refractivity contribution in [1.29, 1.82) is 0 Å². The van der Waals surface area contributed by atoms with Gasteiger partial charge in [0.15, 0.2) is 5.78 Å². The number of Topliss-reactive ketones (excluding diaryl/α,β-unsaturated/α-hetero) is 1. The fourth-order valence-electron chi connectivity index (χ4n) is 3.34. The fraction of sp³-hybridized carbons (Fsp3) is 0.591. The van der Waals surface area contributed by atoms with Crippen LogP contribution in [0.4, 0.5) is 4.79 Å². The Kier molecular flexibility index (Phi) is 6.52. The van der Waals surface area contributed by atoms with Crippen LogP contribution in [0.2, 0.25) is 0 Å². The van der Waals surface area contributed by atoms with Crippen LogP contribution in [0.15, 0.2) is 30.3 Å². The summed E-state index contributed by atoms with van der Waals surface area (Å²) in [6.45, 7) is 12.0. The number of ketones is 1. The second-order valence-electron chi connectivity index (χ2n) is 9.55. The summed E-state index contributed by atoms with van der Waals surface area (Å²) in [6.07, 6.45) is 1.14. The van der Waals surface area contributed by atoms with Gasteiger partial charge in [-0.2, -0.15) is 0 Å². The number of carbonyl (C=O) groups excluding carboxylic acids is 3. The molecule has 0 aromatic heterocycles. The molecule has 0 spiro atoms. The van der Waals surface area contributed by atoms with Crippen LogP contribution >= 0.6 is 0 Å². The highest BCUT2D eigenvalue weighted by Gasteiger charge is 2.39. The number of nitrogens with one attached hydrogen (secondary N) is 2. The van der Waals surface area contributed by atoms with Gasteiger partial charge in [0.25, 0.3) is 5.91 Å². The smallest absolute Gasteiger partial charge is 0.317 e. The number of hydrogen-bond acceptors (Lipinski definition) is 3. The van der Waals surface area contributed by atoms with Gasteiger partial charge < -0.3 is 15.5 Å². The molecule has 28 heavy (non-hydrogen) atoms. The molecule has 3 amide bonds. The van der Waals surface area contributed by atoms with Gasteiger partial charge in [0.05, 0.1) is 6.04 Å². The van der Waals surface area contributed by atoms with E-state index < -0.39 is 22.9 Å². The zero-order valence-electron chi connectivity index (χ0n) is 17.8. The van der Waals surface area contributed by atoms with Gasteiger partial charge in [0.2, 0.25) is 0 Å². The third-order valence-electron chi connectivity index (χ3n) is 4.97. The van der Waals surface area contributed by atoms with Gasteiger partial charge in [-0.1, -0.05) is 59.7 Å². The summed E-state index contributed by atoms with van der Waals surface area (Å²) in [5.74, 6) is -0.111. The lowest BCUT2D eigenvalue weighted by atomic mass is 9.76. The first kappa shape index (κ1) is 21.9. The average molecular weight is 388 g/mol. The number of carbonyl (C=O) groups is 3. The van der Waals surface area contributed by atoms with Crippen LogP contribution in [0.25, 0.3) is 0 Å². The Balaban J connectivity index is 2.08. The van der Waals surface area contributed by atoms with E-state index in [4.69, 9.17) is 0 Å². The van der Waals surface area contributed by atoms with Crippen LogP contribution in [0.3, 0.4) is 0 Å². The maximum absolute atomic E-state index is 12.8. The molecule has 2 rings (SSSR count). The lowest BCUT2D eigenvalue weighted by Gasteiger charge is -2.35. The highest BCUT2D eigenvalue weighted by atomic mass is 16.2. The number of nitrogens with zero attached hydrogens (tertiary/aromatic N) is 1. The van der Waals surface area contributed by atoms with Gasteiger partial charge in [-0.15, -0.1) is 0 Å². The molecule has 154 valence electrons. The number of hydrogen-bond donors (Lipinski definition) is 2. The molecule has 2 N–H and O–H groups in total. The van der Waals surface area contributed by atoms with Gasteiger partial charge in [-0.25, -0.2) is 4.79 Å². The summed E-state index contributed by atoms with van der Waals surface area (Å²) in [6, 6.07) is 8.02. The molecule has 0 aliphatic carbocycles. The SMILES string of the molecule is CC(C)(C)C(=O)C(NC(=O)NC1CCCN1C(=O)c1ccccc1)C(C)(C)C. The van der Waals surface area contributed by atoms with E-state index in [0.717, 1.165) is 6.42 Å².